The third kappa shape index (κ3) is 2.22. The van der Waals surface area contributed by atoms with Crippen LogP contribution in [0.3, 0.4) is 0 Å². The van der Waals surface area contributed by atoms with E-state index in [1.54, 1.807) is 0 Å². The van der Waals surface area contributed by atoms with E-state index in [4.69, 9.17) is 5.84 Å². The quantitative estimate of drug-likeness (QED) is 0.294. The molecule has 3 nitrogen and oxygen atoms in total. The largest absolute Gasteiger partial charge is 0.308 e. The molecule has 0 radical (unpaired) electrons. The molecule has 0 amide bonds. The third-order valence-corrected chi connectivity index (χ3v) is 1.50. The fourth-order valence-electron chi connectivity index (χ4n) is 0.968. The summed E-state index contributed by atoms with van der Waals surface area (Å²) in [5.74, 6) is 4.00. The Labute approximate surface area is 74.2 Å². The van der Waals surface area contributed by atoms with E-state index in [9.17, 15) is 8.78 Å². The summed E-state index contributed by atoms with van der Waals surface area (Å²) < 4.78 is 25.4. The minimum absolute atomic E-state index is 0.235. The number of nitrogens with two attached hydrogens (primary N) is 1. The number of amidine groups is 1. The standard InChI is InChI=1S/C8H9F2N3/c1-12-8(13-11)5-2-6(9)4-7(10)3-5/h2-4H,11H2,1H3,(H,12,13). The number of nitrogens with one attached hydrogen (secondary N) is 1. The molecular weight excluding hydrogens is 176 g/mol. The van der Waals surface area contributed by atoms with Crippen LogP contribution in [0, 0.1) is 11.6 Å². The molecular formula is C8H9F2N3. The molecule has 0 spiro atoms. The average molecular weight is 185 g/mol. The van der Waals surface area contributed by atoms with E-state index < -0.39 is 11.6 Å². The van der Waals surface area contributed by atoms with Gasteiger partial charge >= 0.3 is 0 Å². The molecule has 0 saturated heterocycles. The molecule has 0 fully saturated rings. The lowest BCUT2D eigenvalue weighted by atomic mass is 10.2. The summed E-state index contributed by atoms with van der Waals surface area (Å²) in [6.45, 7) is 0. The molecule has 0 saturated carbocycles. The van der Waals surface area contributed by atoms with Gasteiger partial charge in [-0.2, -0.15) is 0 Å². The van der Waals surface area contributed by atoms with Crippen molar-refractivity contribution < 1.29 is 8.78 Å². The van der Waals surface area contributed by atoms with Crippen molar-refractivity contribution in [1.29, 1.82) is 0 Å². The summed E-state index contributed by atoms with van der Waals surface area (Å²) in [7, 11) is 1.47. The first-order chi connectivity index (χ1) is 6.17. The Morgan fingerprint density at radius 3 is 2.23 bits per heavy atom. The van der Waals surface area contributed by atoms with Crippen LogP contribution in [0.5, 0.6) is 0 Å². The van der Waals surface area contributed by atoms with Crippen LogP contribution in [0.15, 0.2) is 23.2 Å². The number of aliphatic imine (C=N–C) groups is 1. The molecule has 0 bridgehead atoms. The minimum Gasteiger partial charge on any atom is -0.308 e. The van der Waals surface area contributed by atoms with Gasteiger partial charge in [-0.05, 0) is 12.1 Å². The van der Waals surface area contributed by atoms with Crippen LogP contribution in [0.25, 0.3) is 0 Å². The molecule has 0 aliphatic heterocycles. The van der Waals surface area contributed by atoms with Crippen LogP contribution in [-0.2, 0) is 0 Å². The molecule has 70 valence electrons. The molecule has 0 unspecified atom stereocenters. The zero-order chi connectivity index (χ0) is 9.84. The van der Waals surface area contributed by atoms with Crippen molar-refractivity contribution in [3.8, 4) is 0 Å². The Hall–Kier alpha value is -1.49. The van der Waals surface area contributed by atoms with Crippen molar-refractivity contribution in [2.45, 2.75) is 0 Å². The fraction of sp³-hybridized carbons (Fsp3) is 0.125. The Bertz CT molecular complexity index is 316. The van der Waals surface area contributed by atoms with E-state index >= 15 is 0 Å². The molecule has 0 atom stereocenters. The number of hydrogen-bond donors (Lipinski definition) is 2. The van der Waals surface area contributed by atoms with Gasteiger partial charge in [0.25, 0.3) is 0 Å². The van der Waals surface area contributed by atoms with Crippen molar-refractivity contribution >= 4 is 5.84 Å². The first-order valence-electron chi connectivity index (χ1n) is 3.57. The van der Waals surface area contributed by atoms with Gasteiger partial charge in [0, 0.05) is 18.7 Å². The number of nitrogens with zero attached hydrogens (tertiary/aromatic N) is 1. The third-order valence-electron chi connectivity index (χ3n) is 1.50. The second-order valence-electron chi connectivity index (χ2n) is 2.37. The summed E-state index contributed by atoms with van der Waals surface area (Å²) in [4.78, 5) is 3.71. The second kappa shape index (κ2) is 3.95. The predicted molar refractivity (Wildman–Crippen MR) is 46.1 cm³/mol. The first kappa shape index (κ1) is 9.60. The zero-order valence-electron chi connectivity index (χ0n) is 7.01. The van der Waals surface area contributed by atoms with E-state index in [0.717, 1.165) is 18.2 Å². The van der Waals surface area contributed by atoms with Gasteiger partial charge in [-0.25, -0.2) is 14.6 Å². The Morgan fingerprint density at radius 1 is 1.31 bits per heavy atom. The molecule has 3 N–H and O–H groups in total. The molecule has 0 heterocycles. The number of benzene rings is 1. The Balaban J connectivity index is 3.14. The van der Waals surface area contributed by atoms with Gasteiger partial charge in [0.1, 0.15) is 17.5 Å². The molecule has 1 aromatic rings. The van der Waals surface area contributed by atoms with E-state index in [-0.39, 0.29) is 11.4 Å². The summed E-state index contributed by atoms with van der Waals surface area (Å²) >= 11 is 0. The smallest absolute Gasteiger partial charge is 0.142 e. The van der Waals surface area contributed by atoms with Gasteiger partial charge in [-0.3, -0.25) is 4.99 Å². The van der Waals surface area contributed by atoms with Gasteiger partial charge in [-0.1, -0.05) is 0 Å². The number of hydrogen-bond acceptors (Lipinski definition) is 2. The maximum absolute atomic E-state index is 12.7. The van der Waals surface area contributed by atoms with E-state index in [2.05, 4.69) is 10.4 Å². The van der Waals surface area contributed by atoms with Gasteiger partial charge in [0.15, 0.2) is 0 Å². The minimum atomic E-state index is -0.661. The lowest BCUT2D eigenvalue weighted by Gasteiger charge is -2.04. The number of halogens is 2. The van der Waals surface area contributed by atoms with Crippen molar-refractivity contribution in [1.82, 2.24) is 5.43 Å². The number of hydrazine groups is 1. The van der Waals surface area contributed by atoms with Crippen molar-refractivity contribution in [3.63, 3.8) is 0 Å². The van der Waals surface area contributed by atoms with Crippen LogP contribution >= 0.6 is 0 Å². The molecule has 0 aliphatic carbocycles. The van der Waals surface area contributed by atoms with Crippen LogP contribution in [0.2, 0.25) is 0 Å². The van der Waals surface area contributed by atoms with E-state index in [0.29, 0.717) is 0 Å². The summed E-state index contributed by atoms with van der Waals surface area (Å²) in [6.07, 6.45) is 0. The van der Waals surface area contributed by atoms with Crippen LogP contribution in [-0.4, -0.2) is 12.9 Å². The lowest BCUT2D eigenvalue weighted by Crippen LogP contribution is -2.31. The van der Waals surface area contributed by atoms with Crippen LogP contribution in [0.1, 0.15) is 5.56 Å². The van der Waals surface area contributed by atoms with Crippen LogP contribution in [0.4, 0.5) is 8.78 Å². The summed E-state index contributed by atoms with van der Waals surface area (Å²) in [6, 6.07) is 3.07. The SMILES string of the molecule is CN=C(NN)c1cc(F)cc(F)c1. The molecule has 1 rings (SSSR count). The molecule has 5 heteroatoms. The number of rotatable bonds is 1. The molecule has 13 heavy (non-hydrogen) atoms. The van der Waals surface area contributed by atoms with Crippen LogP contribution < -0.4 is 11.3 Å². The van der Waals surface area contributed by atoms with Gasteiger partial charge in [0.2, 0.25) is 0 Å². The van der Waals surface area contributed by atoms with Crippen molar-refractivity contribution in [2.24, 2.45) is 10.8 Å². The lowest BCUT2D eigenvalue weighted by molar-refractivity contribution is 0.582. The molecule has 1 aromatic carbocycles. The highest BCUT2D eigenvalue weighted by Crippen LogP contribution is 2.07. The summed E-state index contributed by atoms with van der Waals surface area (Å²) in [5.41, 5.74) is 2.52. The normalized spacial score (nSPS) is 11.5. The topological polar surface area (TPSA) is 50.4 Å². The van der Waals surface area contributed by atoms with Gasteiger partial charge < -0.3 is 5.43 Å². The zero-order valence-corrected chi connectivity index (χ0v) is 7.01. The maximum Gasteiger partial charge on any atom is 0.142 e. The average Bonchev–Trinajstić information content (AvgIpc) is 2.04. The fourth-order valence-corrected chi connectivity index (χ4v) is 0.968. The summed E-state index contributed by atoms with van der Waals surface area (Å²) in [5, 5.41) is 0. The molecule has 0 aromatic heterocycles. The van der Waals surface area contributed by atoms with Gasteiger partial charge in [0.05, 0.1) is 0 Å². The second-order valence-corrected chi connectivity index (χ2v) is 2.37. The maximum atomic E-state index is 12.7. The monoisotopic (exact) mass is 185 g/mol. The van der Waals surface area contributed by atoms with Gasteiger partial charge in [-0.15, -0.1) is 0 Å². The first-order valence-corrected chi connectivity index (χ1v) is 3.57. The van der Waals surface area contributed by atoms with E-state index in [1.165, 1.54) is 7.05 Å². The Morgan fingerprint density at radius 2 is 1.85 bits per heavy atom. The Kier molecular flexibility index (Phi) is 2.92. The van der Waals surface area contributed by atoms with E-state index in [1.807, 2.05) is 0 Å². The highest BCUT2D eigenvalue weighted by atomic mass is 19.1. The predicted octanol–water partition coefficient (Wildman–Crippen LogP) is 0.805. The highest BCUT2D eigenvalue weighted by Gasteiger charge is 2.04. The van der Waals surface area contributed by atoms with Crippen molar-refractivity contribution in [3.05, 3.63) is 35.4 Å². The van der Waals surface area contributed by atoms with Crippen molar-refractivity contribution in [2.75, 3.05) is 7.05 Å². The molecule has 0 aliphatic rings. The highest BCUT2D eigenvalue weighted by molar-refractivity contribution is 5.98.